The Morgan fingerprint density at radius 1 is 1.25 bits per heavy atom. The number of rotatable bonds is 4. The molecule has 3 rings (SSSR count). The number of piperidine rings is 1. The minimum absolute atomic E-state index is 0.0532. The van der Waals surface area contributed by atoms with E-state index in [4.69, 9.17) is 0 Å². The Balaban J connectivity index is 1.47. The van der Waals surface area contributed by atoms with E-state index in [-0.39, 0.29) is 11.7 Å². The SMILES string of the molecule is Cc1ccc(O)c(C(=O)NC[C@H]2CCN(C3CCN(C)CC3)C2)c1. The molecule has 2 saturated heterocycles. The molecule has 2 aliphatic heterocycles. The van der Waals surface area contributed by atoms with Crippen LogP contribution in [0.5, 0.6) is 5.75 Å². The minimum atomic E-state index is -0.172. The van der Waals surface area contributed by atoms with Crippen molar-refractivity contribution < 1.29 is 9.90 Å². The highest BCUT2D eigenvalue weighted by atomic mass is 16.3. The molecule has 0 unspecified atom stereocenters. The van der Waals surface area contributed by atoms with Gasteiger partial charge in [-0.25, -0.2) is 0 Å². The smallest absolute Gasteiger partial charge is 0.255 e. The molecule has 0 spiro atoms. The molecule has 0 saturated carbocycles. The van der Waals surface area contributed by atoms with E-state index in [9.17, 15) is 9.90 Å². The third-order valence-electron chi connectivity index (χ3n) is 5.47. The summed E-state index contributed by atoms with van der Waals surface area (Å²) in [4.78, 5) is 17.3. The topological polar surface area (TPSA) is 55.8 Å². The number of phenols is 1. The average molecular weight is 331 g/mol. The second-order valence-corrected chi connectivity index (χ2v) is 7.41. The molecule has 0 aliphatic carbocycles. The highest BCUT2D eigenvalue weighted by Crippen LogP contribution is 2.24. The van der Waals surface area contributed by atoms with Crippen LogP contribution in [0.3, 0.4) is 0 Å². The van der Waals surface area contributed by atoms with Crippen LogP contribution in [-0.2, 0) is 0 Å². The molecule has 2 aliphatic rings. The molecule has 1 aromatic rings. The van der Waals surface area contributed by atoms with Crippen molar-refractivity contribution in [3.05, 3.63) is 29.3 Å². The molecule has 2 fully saturated rings. The fourth-order valence-corrected chi connectivity index (χ4v) is 3.88. The minimum Gasteiger partial charge on any atom is -0.507 e. The second kappa shape index (κ2) is 7.53. The quantitative estimate of drug-likeness (QED) is 0.884. The third-order valence-corrected chi connectivity index (χ3v) is 5.47. The summed E-state index contributed by atoms with van der Waals surface area (Å²) in [5.41, 5.74) is 1.35. The molecule has 1 aromatic carbocycles. The number of aryl methyl sites for hydroxylation is 1. The Kier molecular flexibility index (Phi) is 5.41. The maximum atomic E-state index is 12.3. The van der Waals surface area contributed by atoms with Crippen LogP contribution in [0.1, 0.15) is 35.2 Å². The number of likely N-dealkylation sites (tertiary alicyclic amines) is 2. The lowest BCUT2D eigenvalue weighted by Crippen LogP contribution is -2.43. The molecule has 132 valence electrons. The summed E-state index contributed by atoms with van der Waals surface area (Å²) < 4.78 is 0. The number of nitrogens with one attached hydrogen (secondary N) is 1. The van der Waals surface area contributed by atoms with Crippen molar-refractivity contribution >= 4 is 5.91 Å². The second-order valence-electron chi connectivity index (χ2n) is 7.41. The number of hydrogen-bond donors (Lipinski definition) is 2. The molecular formula is C19H29N3O2. The molecule has 2 N–H and O–H groups in total. The molecule has 0 bridgehead atoms. The van der Waals surface area contributed by atoms with E-state index in [1.54, 1.807) is 12.1 Å². The Morgan fingerprint density at radius 3 is 2.75 bits per heavy atom. The standard InChI is InChI=1S/C19H29N3O2/c1-14-3-4-18(23)17(11-14)19(24)20-12-15-5-10-22(13-15)16-6-8-21(2)9-7-16/h3-4,11,15-16,23H,5-10,12-13H2,1-2H3,(H,20,24)/t15-/m1/s1. The van der Waals surface area contributed by atoms with Gasteiger partial charge in [-0.1, -0.05) is 11.6 Å². The van der Waals surface area contributed by atoms with Crippen molar-refractivity contribution in [3.63, 3.8) is 0 Å². The third kappa shape index (κ3) is 4.08. The first-order chi connectivity index (χ1) is 11.5. The van der Waals surface area contributed by atoms with E-state index in [0.717, 1.165) is 25.1 Å². The molecule has 1 atom stereocenters. The van der Waals surface area contributed by atoms with Crippen LogP contribution >= 0.6 is 0 Å². The fraction of sp³-hybridized carbons (Fsp3) is 0.632. The molecule has 2 heterocycles. The van der Waals surface area contributed by atoms with Crippen LogP contribution in [-0.4, -0.2) is 66.6 Å². The van der Waals surface area contributed by atoms with Gasteiger partial charge in [0.05, 0.1) is 5.56 Å². The lowest BCUT2D eigenvalue weighted by Gasteiger charge is -2.35. The monoisotopic (exact) mass is 331 g/mol. The summed E-state index contributed by atoms with van der Waals surface area (Å²) in [5.74, 6) is 0.395. The molecule has 5 nitrogen and oxygen atoms in total. The van der Waals surface area contributed by atoms with Crippen molar-refractivity contribution in [2.75, 3.05) is 39.8 Å². The van der Waals surface area contributed by atoms with Gasteiger partial charge in [0.15, 0.2) is 0 Å². The van der Waals surface area contributed by atoms with E-state index in [2.05, 4.69) is 22.2 Å². The lowest BCUT2D eigenvalue weighted by atomic mass is 10.0. The summed E-state index contributed by atoms with van der Waals surface area (Å²) in [6.45, 7) is 7.21. The lowest BCUT2D eigenvalue weighted by molar-refractivity contribution is 0.0942. The molecule has 0 aromatic heterocycles. The van der Waals surface area contributed by atoms with Gasteiger partial charge in [0.2, 0.25) is 0 Å². The van der Waals surface area contributed by atoms with Crippen LogP contribution in [0, 0.1) is 12.8 Å². The predicted molar refractivity (Wildman–Crippen MR) is 95.4 cm³/mol. The summed E-state index contributed by atoms with van der Waals surface area (Å²) in [6.07, 6.45) is 3.66. The van der Waals surface area contributed by atoms with Crippen molar-refractivity contribution in [1.29, 1.82) is 0 Å². The van der Waals surface area contributed by atoms with Crippen LogP contribution in [0.25, 0.3) is 0 Å². The Bertz CT molecular complexity index is 582. The van der Waals surface area contributed by atoms with E-state index in [1.165, 1.54) is 25.9 Å². The number of hydrogen-bond acceptors (Lipinski definition) is 4. The molecular weight excluding hydrogens is 302 g/mol. The van der Waals surface area contributed by atoms with Gasteiger partial charge in [0, 0.05) is 19.1 Å². The number of benzene rings is 1. The molecule has 1 amide bonds. The zero-order chi connectivity index (χ0) is 17.1. The first-order valence-corrected chi connectivity index (χ1v) is 9.03. The summed E-state index contributed by atoms with van der Waals surface area (Å²) in [7, 11) is 2.19. The Morgan fingerprint density at radius 2 is 2.00 bits per heavy atom. The predicted octanol–water partition coefficient (Wildman–Crippen LogP) is 1.85. The van der Waals surface area contributed by atoms with Crippen LogP contribution in [0.4, 0.5) is 0 Å². The first kappa shape index (κ1) is 17.2. The maximum Gasteiger partial charge on any atom is 0.255 e. The van der Waals surface area contributed by atoms with Crippen molar-refractivity contribution in [1.82, 2.24) is 15.1 Å². The van der Waals surface area contributed by atoms with Gasteiger partial charge in [-0.2, -0.15) is 0 Å². The normalized spacial score (nSPS) is 23.5. The number of carbonyl (C=O) groups excluding carboxylic acids is 1. The number of phenolic OH excluding ortho intramolecular Hbond substituents is 1. The fourth-order valence-electron chi connectivity index (χ4n) is 3.88. The van der Waals surface area contributed by atoms with Gasteiger partial charge >= 0.3 is 0 Å². The summed E-state index contributed by atoms with van der Waals surface area (Å²) >= 11 is 0. The highest BCUT2D eigenvalue weighted by Gasteiger charge is 2.30. The van der Waals surface area contributed by atoms with Crippen molar-refractivity contribution in [2.24, 2.45) is 5.92 Å². The van der Waals surface area contributed by atoms with Crippen LogP contribution in [0.2, 0.25) is 0 Å². The van der Waals surface area contributed by atoms with E-state index >= 15 is 0 Å². The van der Waals surface area contributed by atoms with Crippen molar-refractivity contribution in [2.45, 2.75) is 32.2 Å². The van der Waals surface area contributed by atoms with Gasteiger partial charge in [-0.15, -0.1) is 0 Å². The number of aromatic hydroxyl groups is 1. The van der Waals surface area contributed by atoms with E-state index in [1.807, 2.05) is 13.0 Å². The largest absolute Gasteiger partial charge is 0.507 e. The number of nitrogens with zero attached hydrogens (tertiary/aromatic N) is 2. The number of carbonyl (C=O) groups is 1. The van der Waals surface area contributed by atoms with E-state index < -0.39 is 0 Å². The van der Waals surface area contributed by atoms with Crippen LogP contribution in [0.15, 0.2) is 18.2 Å². The molecule has 24 heavy (non-hydrogen) atoms. The van der Waals surface area contributed by atoms with Gasteiger partial charge in [-0.05, 0) is 70.9 Å². The van der Waals surface area contributed by atoms with Gasteiger partial charge < -0.3 is 15.3 Å². The Labute approximate surface area is 144 Å². The zero-order valence-corrected chi connectivity index (χ0v) is 14.8. The molecule has 0 radical (unpaired) electrons. The Hall–Kier alpha value is -1.59. The van der Waals surface area contributed by atoms with Crippen LogP contribution < -0.4 is 5.32 Å². The number of amides is 1. The van der Waals surface area contributed by atoms with E-state index in [0.29, 0.717) is 24.1 Å². The highest BCUT2D eigenvalue weighted by molar-refractivity contribution is 5.96. The summed E-state index contributed by atoms with van der Waals surface area (Å²) in [6, 6.07) is 5.84. The van der Waals surface area contributed by atoms with Gasteiger partial charge in [0.1, 0.15) is 5.75 Å². The van der Waals surface area contributed by atoms with Gasteiger partial charge in [-0.3, -0.25) is 9.69 Å². The maximum absolute atomic E-state index is 12.3. The van der Waals surface area contributed by atoms with Crippen molar-refractivity contribution in [3.8, 4) is 5.75 Å². The average Bonchev–Trinajstić information content (AvgIpc) is 3.04. The summed E-state index contributed by atoms with van der Waals surface area (Å²) in [5, 5.41) is 12.9. The molecule has 5 heteroatoms. The first-order valence-electron chi connectivity index (χ1n) is 9.03. The zero-order valence-electron chi connectivity index (χ0n) is 14.8. The van der Waals surface area contributed by atoms with Gasteiger partial charge in [0.25, 0.3) is 5.91 Å².